The van der Waals surface area contributed by atoms with E-state index in [2.05, 4.69) is 28.7 Å². The minimum atomic E-state index is 0.229. The summed E-state index contributed by atoms with van der Waals surface area (Å²) in [6.07, 6.45) is 8.38. The maximum Gasteiger partial charge on any atom is 0.140 e. The van der Waals surface area contributed by atoms with E-state index in [1.165, 1.54) is 10.9 Å². The maximum atomic E-state index is 6.14. The largest absolute Gasteiger partial charge is 0.381 e. The van der Waals surface area contributed by atoms with Crippen LogP contribution in [0.15, 0.2) is 24.5 Å². The van der Waals surface area contributed by atoms with Crippen molar-refractivity contribution in [3.63, 3.8) is 0 Å². The van der Waals surface area contributed by atoms with Gasteiger partial charge in [0, 0.05) is 43.6 Å². The summed E-state index contributed by atoms with van der Waals surface area (Å²) in [6.45, 7) is 4.97. The zero-order valence-electron chi connectivity index (χ0n) is 12.8. The SMILES string of the molecule is CCC(N)Cc1cn(CC2CCOCC2)c2ncccc12. The Hall–Kier alpha value is -1.39. The Bertz CT molecular complexity index is 587. The average molecular weight is 287 g/mol. The van der Waals surface area contributed by atoms with Crippen molar-refractivity contribution >= 4 is 11.0 Å². The first-order valence-corrected chi connectivity index (χ1v) is 8.04. The van der Waals surface area contributed by atoms with E-state index < -0.39 is 0 Å². The minimum absolute atomic E-state index is 0.229. The molecule has 1 saturated heterocycles. The lowest BCUT2D eigenvalue weighted by Gasteiger charge is -2.22. The molecule has 1 unspecified atom stereocenters. The molecule has 0 spiro atoms. The third-order valence-corrected chi connectivity index (χ3v) is 4.52. The molecule has 2 N–H and O–H groups in total. The molecular weight excluding hydrogens is 262 g/mol. The van der Waals surface area contributed by atoms with Crippen LogP contribution in [0.3, 0.4) is 0 Å². The molecule has 4 heteroatoms. The Balaban J connectivity index is 1.87. The third-order valence-electron chi connectivity index (χ3n) is 4.52. The van der Waals surface area contributed by atoms with Crippen LogP contribution in [0, 0.1) is 5.92 Å². The van der Waals surface area contributed by atoms with E-state index in [1.807, 2.05) is 12.3 Å². The number of hydrogen-bond donors (Lipinski definition) is 1. The number of nitrogens with zero attached hydrogens (tertiary/aromatic N) is 2. The number of ether oxygens (including phenoxy) is 1. The van der Waals surface area contributed by atoms with Gasteiger partial charge in [-0.1, -0.05) is 6.92 Å². The molecule has 3 rings (SSSR count). The second kappa shape index (κ2) is 6.58. The van der Waals surface area contributed by atoms with E-state index >= 15 is 0 Å². The fourth-order valence-corrected chi connectivity index (χ4v) is 3.13. The molecule has 0 bridgehead atoms. The number of aromatic nitrogens is 2. The van der Waals surface area contributed by atoms with Gasteiger partial charge < -0.3 is 15.0 Å². The fourth-order valence-electron chi connectivity index (χ4n) is 3.13. The molecule has 1 fully saturated rings. The molecule has 114 valence electrons. The normalized spacial score (nSPS) is 18.2. The molecule has 2 aromatic heterocycles. The van der Waals surface area contributed by atoms with E-state index in [0.29, 0.717) is 5.92 Å². The van der Waals surface area contributed by atoms with Crippen LogP contribution in [-0.2, 0) is 17.7 Å². The Morgan fingerprint density at radius 3 is 3.00 bits per heavy atom. The van der Waals surface area contributed by atoms with Gasteiger partial charge in [-0.3, -0.25) is 0 Å². The van der Waals surface area contributed by atoms with Gasteiger partial charge in [0.15, 0.2) is 0 Å². The molecule has 0 aliphatic carbocycles. The van der Waals surface area contributed by atoms with E-state index in [1.54, 1.807) is 0 Å². The highest BCUT2D eigenvalue weighted by Gasteiger charge is 2.17. The van der Waals surface area contributed by atoms with Crippen molar-refractivity contribution in [2.75, 3.05) is 13.2 Å². The standard InChI is InChI=1S/C17H25N3O/c1-2-15(18)10-14-12-20(11-13-5-8-21-9-6-13)17-16(14)4-3-7-19-17/h3-4,7,12-13,15H,2,5-6,8-11,18H2,1H3. The zero-order valence-corrected chi connectivity index (χ0v) is 12.8. The first-order chi connectivity index (χ1) is 10.3. The van der Waals surface area contributed by atoms with Gasteiger partial charge in [-0.05, 0) is 49.3 Å². The Morgan fingerprint density at radius 2 is 2.24 bits per heavy atom. The van der Waals surface area contributed by atoms with Gasteiger partial charge >= 0.3 is 0 Å². The van der Waals surface area contributed by atoms with Crippen LogP contribution < -0.4 is 5.73 Å². The topological polar surface area (TPSA) is 53.1 Å². The van der Waals surface area contributed by atoms with Gasteiger partial charge in [0.2, 0.25) is 0 Å². The number of hydrogen-bond acceptors (Lipinski definition) is 3. The van der Waals surface area contributed by atoms with Crippen LogP contribution in [-0.4, -0.2) is 28.8 Å². The van der Waals surface area contributed by atoms with Crippen molar-refractivity contribution in [2.24, 2.45) is 11.7 Å². The summed E-state index contributed by atoms with van der Waals surface area (Å²) in [6, 6.07) is 4.41. The lowest BCUT2D eigenvalue weighted by atomic mass is 10.0. The summed E-state index contributed by atoms with van der Waals surface area (Å²) in [5, 5.41) is 1.26. The summed E-state index contributed by atoms with van der Waals surface area (Å²) in [5.74, 6) is 0.698. The quantitative estimate of drug-likeness (QED) is 0.920. The highest BCUT2D eigenvalue weighted by atomic mass is 16.5. The number of rotatable bonds is 5. The van der Waals surface area contributed by atoms with Crippen molar-refractivity contribution in [1.29, 1.82) is 0 Å². The van der Waals surface area contributed by atoms with Gasteiger partial charge in [0.05, 0.1) is 0 Å². The van der Waals surface area contributed by atoms with Crippen molar-refractivity contribution in [2.45, 2.75) is 45.2 Å². The fraction of sp³-hybridized carbons (Fsp3) is 0.588. The van der Waals surface area contributed by atoms with Gasteiger partial charge in [-0.2, -0.15) is 0 Å². The van der Waals surface area contributed by atoms with Crippen LogP contribution >= 0.6 is 0 Å². The lowest BCUT2D eigenvalue weighted by molar-refractivity contribution is 0.0616. The average Bonchev–Trinajstić information content (AvgIpc) is 2.86. The Labute approximate surface area is 126 Å². The molecular formula is C17H25N3O. The summed E-state index contributed by atoms with van der Waals surface area (Å²) >= 11 is 0. The first kappa shape index (κ1) is 14.5. The summed E-state index contributed by atoms with van der Waals surface area (Å²) in [4.78, 5) is 4.59. The lowest BCUT2D eigenvalue weighted by Crippen LogP contribution is -2.21. The first-order valence-electron chi connectivity index (χ1n) is 8.04. The van der Waals surface area contributed by atoms with E-state index in [-0.39, 0.29) is 6.04 Å². The maximum absolute atomic E-state index is 6.14. The molecule has 0 amide bonds. The van der Waals surface area contributed by atoms with Crippen molar-refractivity contribution in [1.82, 2.24) is 9.55 Å². The minimum Gasteiger partial charge on any atom is -0.381 e. The van der Waals surface area contributed by atoms with Crippen LogP contribution in [0.2, 0.25) is 0 Å². The van der Waals surface area contributed by atoms with Gasteiger partial charge in [0.1, 0.15) is 5.65 Å². The molecule has 2 aromatic rings. The molecule has 1 aliphatic heterocycles. The van der Waals surface area contributed by atoms with Crippen LogP contribution in [0.1, 0.15) is 31.7 Å². The highest BCUT2D eigenvalue weighted by Crippen LogP contribution is 2.24. The van der Waals surface area contributed by atoms with Gasteiger partial charge in [-0.25, -0.2) is 4.98 Å². The van der Waals surface area contributed by atoms with E-state index in [9.17, 15) is 0 Å². The van der Waals surface area contributed by atoms with Gasteiger partial charge in [-0.15, -0.1) is 0 Å². The van der Waals surface area contributed by atoms with Crippen LogP contribution in [0.4, 0.5) is 0 Å². The van der Waals surface area contributed by atoms with E-state index in [4.69, 9.17) is 10.5 Å². The summed E-state index contributed by atoms with van der Waals surface area (Å²) < 4.78 is 7.78. The molecule has 1 atom stereocenters. The Morgan fingerprint density at radius 1 is 1.43 bits per heavy atom. The molecule has 4 nitrogen and oxygen atoms in total. The van der Waals surface area contributed by atoms with Crippen LogP contribution in [0.25, 0.3) is 11.0 Å². The number of nitrogens with two attached hydrogens (primary N) is 1. The monoisotopic (exact) mass is 287 g/mol. The zero-order chi connectivity index (χ0) is 14.7. The summed E-state index contributed by atoms with van der Waals surface area (Å²) in [7, 11) is 0. The summed E-state index contributed by atoms with van der Waals surface area (Å²) in [5.41, 5.74) is 8.58. The van der Waals surface area contributed by atoms with Crippen molar-refractivity contribution in [3.05, 3.63) is 30.1 Å². The second-order valence-electron chi connectivity index (χ2n) is 6.11. The second-order valence-corrected chi connectivity index (χ2v) is 6.11. The predicted molar refractivity (Wildman–Crippen MR) is 85.2 cm³/mol. The molecule has 0 radical (unpaired) electrons. The smallest absolute Gasteiger partial charge is 0.140 e. The van der Waals surface area contributed by atoms with Crippen molar-refractivity contribution in [3.8, 4) is 0 Å². The third kappa shape index (κ3) is 3.27. The molecule has 3 heterocycles. The molecule has 21 heavy (non-hydrogen) atoms. The highest BCUT2D eigenvalue weighted by molar-refractivity contribution is 5.80. The molecule has 1 aliphatic rings. The van der Waals surface area contributed by atoms with Crippen molar-refractivity contribution < 1.29 is 4.74 Å². The molecule has 0 aromatic carbocycles. The predicted octanol–water partition coefficient (Wildman–Crippen LogP) is 2.74. The molecule has 0 saturated carbocycles. The van der Waals surface area contributed by atoms with Gasteiger partial charge in [0.25, 0.3) is 0 Å². The van der Waals surface area contributed by atoms with Crippen LogP contribution in [0.5, 0.6) is 0 Å². The Kier molecular flexibility index (Phi) is 4.56. The number of pyridine rings is 1. The van der Waals surface area contributed by atoms with E-state index in [0.717, 1.165) is 51.1 Å². The number of fused-ring (bicyclic) bond motifs is 1.